The molecule has 0 aliphatic heterocycles. The molecule has 0 aromatic heterocycles. The monoisotopic (exact) mass is 236 g/mol. The Labute approximate surface area is 101 Å². The SMILES string of the molecule is CCOCCN(CC)c1cccc(F)c1C#N. The lowest BCUT2D eigenvalue weighted by Gasteiger charge is -2.24. The molecule has 1 rings (SSSR count). The lowest BCUT2D eigenvalue weighted by molar-refractivity contribution is 0.154. The fourth-order valence-corrected chi connectivity index (χ4v) is 1.65. The topological polar surface area (TPSA) is 36.3 Å². The molecule has 0 fully saturated rings. The van der Waals surface area contributed by atoms with Crippen LogP contribution in [0.15, 0.2) is 18.2 Å². The van der Waals surface area contributed by atoms with Gasteiger partial charge in [0.25, 0.3) is 0 Å². The number of halogens is 1. The van der Waals surface area contributed by atoms with Crippen molar-refractivity contribution >= 4 is 5.69 Å². The highest BCUT2D eigenvalue weighted by atomic mass is 19.1. The van der Waals surface area contributed by atoms with Crippen LogP contribution in [-0.4, -0.2) is 26.3 Å². The third-order valence-corrected chi connectivity index (χ3v) is 2.54. The Kier molecular flexibility index (Phi) is 5.44. The van der Waals surface area contributed by atoms with E-state index in [4.69, 9.17) is 10.00 Å². The number of nitriles is 1. The molecule has 0 aliphatic rings. The standard InChI is InChI=1S/C13H17FN2O/c1-3-16(8-9-17-4-2)13-7-5-6-12(14)11(13)10-15/h5-7H,3-4,8-9H2,1-2H3. The first-order chi connectivity index (χ1) is 8.24. The van der Waals surface area contributed by atoms with Crippen LogP contribution in [0.5, 0.6) is 0 Å². The van der Waals surface area contributed by atoms with E-state index < -0.39 is 5.82 Å². The largest absolute Gasteiger partial charge is 0.380 e. The number of hydrogen-bond donors (Lipinski definition) is 0. The molecule has 0 saturated heterocycles. The van der Waals surface area contributed by atoms with E-state index in [9.17, 15) is 4.39 Å². The van der Waals surface area contributed by atoms with E-state index >= 15 is 0 Å². The highest BCUT2D eigenvalue weighted by molar-refractivity contribution is 5.59. The van der Waals surface area contributed by atoms with Crippen LogP contribution in [0, 0.1) is 17.1 Å². The summed E-state index contributed by atoms with van der Waals surface area (Å²) in [5.41, 5.74) is 0.737. The summed E-state index contributed by atoms with van der Waals surface area (Å²) in [5.74, 6) is -0.472. The van der Waals surface area contributed by atoms with Gasteiger partial charge in [0, 0.05) is 19.7 Å². The van der Waals surface area contributed by atoms with Crippen molar-refractivity contribution in [3.8, 4) is 6.07 Å². The summed E-state index contributed by atoms with van der Waals surface area (Å²) < 4.78 is 18.7. The number of ether oxygens (including phenoxy) is 1. The number of nitrogens with zero attached hydrogens (tertiary/aromatic N) is 2. The van der Waals surface area contributed by atoms with Gasteiger partial charge in [0.15, 0.2) is 0 Å². The Morgan fingerprint density at radius 1 is 1.41 bits per heavy atom. The van der Waals surface area contributed by atoms with E-state index in [-0.39, 0.29) is 5.56 Å². The van der Waals surface area contributed by atoms with Gasteiger partial charge in [0.05, 0.1) is 12.3 Å². The van der Waals surface area contributed by atoms with Gasteiger partial charge >= 0.3 is 0 Å². The highest BCUT2D eigenvalue weighted by Crippen LogP contribution is 2.22. The zero-order chi connectivity index (χ0) is 12.7. The Balaban J connectivity index is 2.88. The molecule has 0 heterocycles. The molecule has 0 aliphatic carbocycles. The van der Waals surface area contributed by atoms with Crippen molar-refractivity contribution in [2.45, 2.75) is 13.8 Å². The maximum atomic E-state index is 13.5. The minimum Gasteiger partial charge on any atom is -0.380 e. The third-order valence-electron chi connectivity index (χ3n) is 2.54. The quantitative estimate of drug-likeness (QED) is 0.712. The molecule has 1 aromatic rings. The molecule has 1 aromatic carbocycles. The van der Waals surface area contributed by atoms with Gasteiger partial charge in [0.2, 0.25) is 0 Å². The van der Waals surface area contributed by atoms with E-state index in [0.29, 0.717) is 32.0 Å². The van der Waals surface area contributed by atoms with Crippen molar-refractivity contribution < 1.29 is 9.13 Å². The number of hydrogen-bond acceptors (Lipinski definition) is 3. The summed E-state index contributed by atoms with van der Waals surface area (Å²) in [4.78, 5) is 1.94. The van der Waals surface area contributed by atoms with Crippen LogP contribution in [0.3, 0.4) is 0 Å². The molecule has 4 heteroatoms. The number of rotatable bonds is 6. The summed E-state index contributed by atoms with van der Waals surface area (Å²) in [6.45, 7) is 6.50. The van der Waals surface area contributed by atoms with Crippen LogP contribution < -0.4 is 4.90 Å². The van der Waals surface area contributed by atoms with E-state index in [1.807, 2.05) is 24.8 Å². The minimum absolute atomic E-state index is 0.103. The van der Waals surface area contributed by atoms with Crippen molar-refractivity contribution in [2.24, 2.45) is 0 Å². The van der Waals surface area contributed by atoms with Crippen molar-refractivity contribution in [1.29, 1.82) is 5.26 Å². The Morgan fingerprint density at radius 3 is 2.76 bits per heavy atom. The molecular weight excluding hydrogens is 219 g/mol. The molecular formula is C13H17FN2O. The van der Waals surface area contributed by atoms with Crippen LogP contribution in [0.1, 0.15) is 19.4 Å². The number of anilines is 1. The van der Waals surface area contributed by atoms with Crippen molar-refractivity contribution in [1.82, 2.24) is 0 Å². The van der Waals surface area contributed by atoms with Crippen molar-refractivity contribution in [2.75, 3.05) is 31.2 Å². The molecule has 0 radical (unpaired) electrons. The van der Waals surface area contributed by atoms with E-state index in [2.05, 4.69) is 0 Å². The van der Waals surface area contributed by atoms with Crippen LogP contribution in [0.25, 0.3) is 0 Å². The predicted molar refractivity (Wildman–Crippen MR) is 65.5 cm³/mol. The Bertz CT molecular complexity index is 401. The molecule has 3 nitrogen and oxygen atoms in total. The van der Waals surface area contributed by atoms with Crippen molar-refractivity contribution in [3.05, 3.63) is 29.6 Å². The van der Waals surface area contributed by atoms with Crippen LogP contribution in [-0.2, 0) is 4.74 Å². The van der Waals surface area contributed by atoms with Gasteiger partial charge < -0.3 is 9.64 Å². The van der Waals surface area contributed by atoms with E-state index in [1.54, 1.807) is 12.1 Å². The normalized spacial score (nSPS) is 10.0. The van der Waals surface area contributed by atoms with Gasteiger partial charge in [-0.15, -0.1) is 0 Å². The van der Waals surface area contributed by atoms with Gasteiger partial charge in [0.1, 0.15) is 17.4 Å². The smallest absolute Gasteiger partial charge is 0.143 e. The average Bonchev–Trinajstić information content (AvgIpc) is 2.34. The average molecular weight is 236 g/mol. The Hall–Kier alpha value is -1.60. The first kappa shape index (κ1) is 13.5. The molecule has 17 heavy (non-hydrogen) atoms. The maximum Gasteiger partial charge on any atom is 0.143 e. The van der Waals surface area contributed by atoms with Gasteiger partial charge in [-0.2, -0.15) is 5.26 Å². The zero-order valence-corrected chi connectivity index (χ0v) is 10.2. The lowest BCUT2D eigenvalue weighted by atomic mass is 10.1. The molecule has 92 valence electrons. The van der Waals surface area contributed by atoms with Gasteiger partial charge in [-0.05, 0) is 26.0 Å². The summed E-state index contributed by atoms with van der Waals surface area (Å²) in [6.07, 6.45) is 0. The molecule has 0 amide bonds. The van der Waals surface area contributed by atoms with Gasteiger partial charge in [-0.3, -0.25) is 0 Å². The molecule has 0 spiro atoms. The number of benzene rings is 1. The van der Waals surface area contributed by atoms with Gasteiger partial charge in [-0.25, -0.2) is 4.39 Å². The first-order valence-electron chi connectivity index (χ1n) is 5.75. The molecule has 0 bridgehead atoms. The van der Waals surface area contributed by atoms with E-state index in [1.165, 1.54) is 6.07 Å². The fourth-order valence-electron chi connectivity index (χ4n) is 1.65. The predicted octanol–water partition coefficient (Wildman–Crippen LogP) is 2.56. The second kappa shape index (κ2) is 6.87. The molecule has 0 saturated carbocycles. The minimum atomic E-state index is -0.472. The highest BCUT2D eigenvalue weighted by Gasteiger charge is 2.12. The Morgan fingerprint density at radius 2 is 2.18 bits per heavy atom. The van der Waals surface area contributed by atoms with Gasteiger partial charge in [-0.1, -0.05) is 6.07 Å². The van der Waals surface area contributed by atoms with Crippen LogP contribution in [0.4, 0.5) is 10.1 Å². The molecule has 0 N–H and O–H groups in total. The third kappa shape index (κ3) is 3.43. The summed E-state index contributed by atoms with van der Waals surface area (Å²) >= 11 is 0. The first-order valence-corrected chi connectivity index (χ1v) is 5.75. The second-order valence-corrected chi connectivity index (χ2v) is 3.52. The van der Waals surface area contributed by atoms with Crippen LogP contribution in [0.2, 0.25) is 0 Å². The summed E-state index contributed by atoms with van der Waals surface area (Å²) in [6, 6.07) is 6.60. The maximum absolute atomic E-state index is 13.5. The fraction of sp³-hybridized carbons (Fsp3) is 0.462. The van der Waals surface area contributed by atoms with Crippen LogP contribution >= 0.6 is 0 Å². The molecule has 0 atom stereocenters. The lowest BCUT2D eigenvalue weighted by Crippen LogP contribution is -2.28. The summed E-state index contributed by atoms with van der Waals surface area (Å²) in [7, 11) is 0. The van der Waals surface area contributed by atoms with Crippen molar-refractivity contribution in [3.63, 3.8) is 0 Å². The zero-order valence-electron chi connectivity index (χ0n) is 10.2. The number of likely N-dealkylation sites (N-methyl/N-ethyl adjacent to an activating group) is 1. The summed E-state index contributed by atoms with van der Waals surface area (Å²) in [5, 5.41) is 8.97. The molecule has 0 unspecified atom stereocenters. The van der Waals surface area contributed by atoms with E-state index in [0.717, 1.165) is 0 Å². The second-order valence-electron chi connectivity index (χ2n) is 3.52.